The summed E-state index contributed by atoms with van der Waals surface area (Å²) in [6.45, 7) is 0.564. The molecule has 0 aliphatic heterocycles. The maximum absolute atomic E-state index is 12.2. The smallest absolute Gasteiger partial charge is 0.237 e. The Balaban J connectivity index is 0.00000264. The first-order valence-corrected chi connectivity index (χ1v) is 8.23. The lowest BCUT2D eigenvalue weighted by molar-refractivity contribution is -0.122. The van der Waals surface area contributed by atoms with E-state index in [1.165, 1.54) is 4.88 Å². The van der Waals surface area contributed by atoms with Gasteiger partial charge < -0.3 is 16.0 Å². The third-order valence-electron chi connectivity index (χ3n) is 3.60. The van der Waals surface area contributed by atoms with Crippen LogP contribution < -0.4 is 11.1 Å². The molecule has 2 atom stereocenters. The van der Waals surface area contributed by atoms with Gasteiger partial charge in [-0.05, 0) is 37.5 Å². The van der Waals surface area contributed by atoms with Crippen LogP contribution >= 0.6 is 36.2 Å². The van der Waals surface area contributed by atoms with Crippen LogP contribution in [0.3, 0.4) is 0 Å². The zero-order valence-electron chi connectivity index (χ0n) is 13.8. The van der Waals surface area contributed by atoms with Gasteiger partial charge in [0, 0.05) is 11.4 Å². The summed E-state index contributed by atoms with van der Waals surface area (Å²) in [5.74, 6) is -0.104. The molecule has 0 aliphatic carbocycles. The standard InChI is InChI=1S/C17H23N3OS.2ClH/c1-20(2)15(16-9-6-10-22-16)12-19-17(21)14(18)11-13-7-4-3-5-8-13;;/h3-10,14-15H,11-12,18H2,1-2H3,(H,19,21);2*1H. The van der Waals surface area contributed by atoms with Gasteiger partial charge in [0.15, 0.2) is 0 Å². The van der Waals surface area contributed by atoms with E-state index >= 15 is 0 Å². The highest BCUT2D eigenvalue weighted by atomic mass is 35.5. The van der Waals surface area contributed by atoms with Crippen molar-refractivity contribution in [3.63, 3.8) is 0 Å². The molecule has 0 aliphatic rings. The summed E-state index contributed by atoms with van der Waals surface area (Å²) in [6, 6.07) is 13.6. The van der Waals surface area contributed by atoms with Crippen LogP contribution in [0.4, 0.5) is 0 Å². The van der Waals surface area contributed by atoms with Gasteiger partial charge in [0.25, 0.3) is 0 Å². The molecule has 2 rings (SSSR count). The zero-order chi connectivity index (χ0) is 15.9. The molecule has 7 heteroatoms. The number of nitrogens with zero attached hydrogens (tertiary/aromatic N) is 1. The van der Waals surface area contributed by atoms with Gasteiger partial charge in [-0.1, -0.05) is 36.4 Å². The first kappa shape index (κ1) is 22.9. The second kappa shape index (κ2) is 11.4. The Bertz CT molecular complexity index is 579. The summed E-state index contributed by atoms with van der Waals surface area (Å²) in [5, 5.41) is 5.02. The van der Waals surface area contributed by atoms with E-state index in [-0.39, 0.29) is 36.8 Å². The van der Waals surface area contributed by atoms with Gasteiger partial charge in [-0.15, -0.1) is 36.2 Å². The van der Waals surface area contributed by atoms with E-state index in [1.54, 1.807) is 11.3 Å². The lowest BCUT2D eigenvalue weighted by Crippen LogP contribution is -2.44. The number of hydrogen-bond acceptors (Lipinski definition) is 4. The molecule has 0 fully saturated rings. The minimum absolute atomic E-state index is 0. The minimum Gasteiger partial charge on any atom is -0.353 e. The highest BCUT2D eigenvalue weighted by Gasteiger charge is 2.19. The lowest BCUT2D eigenvalue weighted by Gasteiger charge is -2.24. The highest BCUT2D eigenvalue weighted by Crippen LogP contribution is 2.22. The SMILES string of the molecule is CN(C)C(CNC(=O)C(N)Cc1ccccc1)c1cccs1.Cl.Cl. The van der Waals surface area contributed by atoms with E-state index in [0.717, 1.165) is 5.56 Å². The summed E-state index contributed by atoms with van der Waals surface area (Å²) in [5.41, 5.74) is 7.08. The van der Waals surface area contributed by atoms with Crippen molar-refractivity contribution in [1.29, 1.82) is 0 Å². The fraction of sp³-hybridized carbons (Fsp3) is 0.353. The van der Waals surface area contributed by atoms with Crippen LogP contribution in [0.15, 0.2) is 47.8 Å². The molecular formula is C17H25Cl2N3OS. The van der Waals surface area contributed by atoms with Gasteiger partial charge in [0.1, 0.15) is 0 Å². The van der Waals surface area contributed by atoms with Crippen LogP contribution in [0.25, 0.3) is 0 Å². The summed E-state index contributed by atoms with van der Waals surface area (Å²) in [7, 11) is 4.03. The van der Waals surface area contributed by atoms with E-state index in [9.17, 15) is 4.79 Å². The molecule has 2 unspecified atom stereocenters. The van der Waals surface area contributed by atoms with Crippen molar-refractivity contribution in [2.45, 2.75) is 18.5 Å². The lowest BCUT2D eigenvalue weighted by atomic mass is 10.1. The maximum atomic E-state index is 12.2. The van der Waals surface area contributed by atoms with E-state index in [0.29, 0.717) is 13.0 Å². The van der Waals surface area contributed by atoms with Gasteiger partial charge in [0.05, 0.1) is 12.1 Å². The van der Waals surface area contributed by atoms with Crippen LogP contribution in [0.5, 0.6) is 0 Å². The number of halogens is 2. The number of carbonyl (C=O) groups is 1. The molecule has 0 saturated heterocycles. The van der Waals surface area contributed by atoms with Crippen LogP contribution in [0, 0.1) is 0 Å². The molecule has 1 amide bonds. The summed E-state index contributed by atoms with van der Waals surface area (Å²) >= 11 is 1.70. The number of amides is 1. The Morgan fingerprint density at radius 2 is 1.83 bits per heavy atom. The monoisotopic (exact) mass is 389 g/mol. The molecule has 0 bridgehead atoms. The van der Waals surface area contributed by atoms with E-state index in [1.807, 2.05) is 50.5 Å². The predicted octanol–water partition coefficient (Wildman–Crippen LogP) is 2.88. The fourth-order valence-electron chi connectivity index (χ4n) is 2.31. The fourth-order valence-corrected chi connectivity index (χ4v) is 3.23. The molecule has 2 aromatic rings. The maximum Gasteiger partial charge on any atom is 0.237 e. The van der Waals surface area contributed by atoms with E-state index in [2.05, 4.69) is 21.7 Å². The average Bonchev–Trinajstić information content (AvgIpc) is 3.02. The van der Waals surface area contributed by atoms with Crippen molar-refractivity contribution >= 4 is 42.1 Å². The molecule has 134 valence electrons. The highest BCUT2D eigenvalue weighted by molar-refractivity contribution is 7.10. The molecule has 1 aromatic carbocycles. The number of nitrogens with one attached hydrogen (secondary N) is 1. The summed E-state index contributed by atoms with van der Waals surface area (Å²) in [6.07, 6.45) is 0.554. The first-order valence-electron chi connectivity index (χ1n) is 7.35. The van der Waals surface area contributed by atoms with Gasteiger partial charge in [-0.25, -0.2) is 0 Å². The second-order valence-electron chi connectivity index (χ2n) is 5.54. The number of nitrogens with two attached hydrogens (primary N) is 1. The number of carbonyl (C=O) groups excluding carboxylic acids is 1. The Morgan fingerprint density at radius 1 is 1.17 bits per heavy atom. The van der Waals surface area contributed by atoms with Crippen molar-refractivity contribution in [2.24, 2.45) is 5.73 Å². The quantitative estimate of drug-likeness (QED) is 0.765. The van der Waals surface area contributed by atoms with E-state index in [4.69, 9.17) is 5.73 Å². The van der Waals surface area contributed by atoms with Gasteiger partial charge in [-0.2, -0.15) is 0 Å². The van der Waals surface area contributed by atoms with Crippen molar-refractivity contribution in [3.05, 3.63) is 58.3 Å². The van der Waals surface area contributed by atoms with Gasteiger partial charge >= 0.3 is 0 Å². The number of likely N-dealkylation sites (N-methyl/N-ethyl adjacent to an activating group) is 1. The third kappa shape index (κ3) is 6.79. The van der Waals surface area contributed by atoms with Crippen LogP contribution in [0.1, 0.15) is 16.5 Å². The first-order chi connectivity index (χ1) is 10.6. The number of thiophene rings is 1. The van der Waals surface area contributed by atoms with Crippen molar-refractivity contribution in [3.8, 4) is 0 Å². The van der Waals surface area contributed by atoms with Crippen LogP contribution in [0.2, 0.25) is 0 Å². The Kier molecular flexibility index (Phi) is 10.9. The number of benzene rings is 1. The van der Waals surface area contributed by atoms with E-state index < -0.39 is 6.04 Å². The Labute approximate surface area is 160 Å². The second-order valence-corrected chi connectivity index (χ2v) is 6.52. The molecule has 0 radical (unpaired) electrons. The summed E-state index contributed by atoms with van der Waals surface area (Å²) < 4.78 is 0. The van der Waals surface area contributed by atoms with Gasteiger partial charge in [0.2, 0.25) is 5.91 Å². The molecule has 0 saturated carbocycles. The normalized spacial score (nSPS) is 12.7. The summed E-state index contributed by atoms with van der Waals surface area (Å²) in [4.78, 5) is 15.5. The van der Waals surface area contributed by atoms with Crippen molar-refractivity contribution in [1.82, 2.24) is 10.2 Å². The molecule has 3 N–H and O–H groups in total. The molecule has 24 heavy (non-hydrogen) atoms. The number of rotatable bonds is 7. The third-order valence-corrected chi connectivity index (χ3v) is 4.57. The van der Waals surface area contributed by atoms with Gasteiger partial charge in [-0.3, -0.25) is 4.79 Å². The average molecular weight is 390 g/mol. The number of hydrogen-bond donors (Lipinski definition) is 2. The Morgan fingerprint density at radius 3 is 2.38 bits per heavy atom. The molecule has 1 aromatic heterocycles. The van der Waals surface area contributed by atoms with Crippen molar-refractivity contribution < 1.29 is 4.79 Å². The zero-order valence-corrected chi connectivity index (χ0v) is 16.3. The molecule has 1 heterocycles. The molecule has 0 spiro atoms. The molecule has 4 nitrogen and oxygen atoms in total. The predicted molar refractivity (Wildman–Crippen MR) is 106 cm³/mol. The van der Waals surface area contributed by atoms with Crippen molar-refractivity contribution in [2.75, 3.05) is 20.6 Å². The Hall–Kier alpha value is -1.11. The van der Waals surface area contributed by atoms with Crippen LogP contribution in [-0.4, -0.2) is 37.5 Å². The minimum atomic E-state index is -0.520. The topological polar surface area (TPSA) is 58.4 Å². The molecular weight excluding hydrogens is 365 g/mol. The van der Waals surface area contributed by atoms with Crippen LogP contribution in [-0.2, 0) is 11.2 Å². The largest absolute Gasteiger partial charge is 0.353 e.